The van der Waals surface area contributed by atoms with Crippen LogP contribution in [0.15, 0.2) is 66.7 Å². The van der Waals surface area contributed by atoms with Crippen molar-refractivity contribution in [1.82, 2.24) is 9.55 Å². The lowest BCUT2D eigenvalue weighted by Gasteiger charge is -2.16. The Morgan fingerprint density at radius 1 is 1.00 bits per heavy atom. The molecule has 0 amide bonds. The molecule has 0 aliphatic rings. The van der Waals surface area contributed by atoms with E-state index in [0.29, 0.717) is 24.6 Å². The summed E-state index contributed by atoms with van der Waals surface area (Å²) in [6.07, 6.45) is 0. The molecule has 0 radical (unpaired) electrons. The molecule has 0 saturated carbocycles. The molecule has 3 nitrogen and oxygen atoms in total. The molecule has 4 aromatic rings. The SMILES string of the molecule is Cc1ccc(C(C)C)c(OCc2nc3ccccc3n2Cc2ccccc2F)c1. The van der Waals surface area contributed by atoms with Gasteiger partial charge in [0.15, 0.2) is 0 Å². The number of aryl methyl sites for hydroxylation is 1. The molecule has 0 fully saturated rings. The molecule has 0 N–H and O–H groups in total. The fourth-order valence-electron chi connectivity index (χ4n) is 3.59. The van der Waals surface area contributed by atoms with Gasteiger partial charge >= 0.3 is 0 Å². The topological polar surface area (TPSA) is 27.1 Å². The van der Waals surface area contributed by atoms with Crippen molar-refractivity contribution in [3.63, 3.8) is 0 Å². The number of fused-ring (bicyclic) bond motifs is 1. The third-order valence-corrected chi connectivity index (χ3v) is 5.17. The zero-order valence-electron chi connectivity index (χ0n) is 17.0. The Bertz CT molecular complexity index is 1150. The molecule has 0 aliphatic heterocycles. The van der Waals surface area contributed by atoms with Crippen molar-refractivity contribution in [3.8, 4) is 5.75 Å². The number of aromatic nitrogens is 2. The van der Waals surface area contributed by atoms with Crippen LogP contribution in [-0.2, 0) is 13.2 Å². The Balaban J connectivity index is 1.69. The average Bonchev–Trinajstić information content (AvgIpc) is 3.05. The van der Waals surface area contributed by atoms with Crippen molar-refractivity contribution in [2.24, 2.45) is 0 Å². The molecule has 1 aromatic heterocycles. The summed E-state index contributed by atoms with van der Waals surface area (Å²) in [5, 5.41) is 0. The van der Waals surface area contributed by atoms with Gasteiger partial charge in [-0.2, -0.15) is 0 Å². The van der Waals surface area contributed by atoms with E-state index in [1.165, 1.54) is 11.6 Å². The van der Waals surface area contributed by atoms with Crippen molar-refractivity contribution < 1.29 is 9.13 Å². The minimum Gasteiger partial charge on any atom is -0.485 e. The number of imidazole rings is 1. The van der Waals surface area contributed by atoms with Crippen LogP contribution in [0, 0.1) is 12.7 Å². The summed E-state index contributed by atoms with van der Waals surface area (Å²) in [6, 6.07) is 21.1. The largest absolute Gasteiger partial charge is 0.485 e. The molecule has 0 spiro atoms. The second-order valence-electron chi connectivity index (χ2n) is 7.68. The third kappa shape index (κ3) is 4.02. The number of hydrogen-bond acceptors (Lipinski definition) is 2. The number of para-hydroxylation sites is 2. The van der Waals surface area contributed by atoms with Gasteiger partial charge in [0.05, 0.1) is 17.6 Å². The number of halogens is 1. The Labute approximate surface area is 170 Å². The second-order valence-corrected chi connectivity index (χ2v) is 7.68. The van der Waals surface area contributed by atoms with Gasteiger partial charge in [0, 0.05) is 5.56 Å². The van der Waals surface area contributed by atoms with Gasteiger partial charge in [-0.3, -0.25) is 0 Å². The first-order chi connectivity index (χ1) is 14.0. The van der Waals surface area contributed by atoms with Crippen LogP contribution in [-0.4, -0.2) is 9.55 Å². The fraction of sp³-hybridized carbons (Fsp3) is 0.240. The van der Waals surface area contributed by atoms with Gasteiger partial charge in [0.25, 0.3) is 0 Å². The van der Waals surface area contributed by atoms with Crippen LogP contribution in [0.3, 0.4) is 0 Å². The van der Waals surface area contributed by atoms with E-state index in [1.54, 1.807) is 6.07 Å². The molecular formula is C25H25FN2O. The highest BCUT2D eigenvalue weighted by molar-refractivity contribution is 5.76. The molecule has 0 aliphatic carbocycles. The van der Waals surface area contributed by atoms with E-state index in [4.69, 9.17) is 9.72 Å². The molecule has 0 bridgehead atoms. The molecule has 4 rings (SSSR count). The van der Waals surface area contributed by atoms with Crippen LogP contribution in [0.4, 0.5) is 4.39 Å². The number of rotatable bonds is 6. The van der Waals surface area contributed by atoms with Crippen molar-refractivity contribution in [3.05, 3.63) is 95.1 Å². The van der Waals surface area contributed by atoms with Gasteiger partial charge in [-0.25, -0.2) is 9.37 Å². The van der Waals surface area contributed by atoms with Crippen LogP contribution >= 0.6 is 0 Å². The standard InChI is InChI=1S/C25H25FN2O/c1-17(2)20-13-12-18(3)14-24(20)29-16-25-27-22-10-6-7-11-23(22)28(25)15-19-8-4-5-9-21(19)26/h4-14,17H,15-16H2,1-3H3. The number of benzene rings is 3. The summed E-state index contributed by atoms with van der Waals surface area (Å²) in [7, 11) is 0. The van der Waals surface area contributed by atoms with Crippen LogP contribution < -0.4 is 4.74 Å². The summed E-state index contributed by atoms with van der Waals surface area (Å²) >= 11 is 0. The highest BCUT2D eigenvalue weighted by Crippen LogP contribution is 2.29. The van der Waals surface area contributed by atoms with Crippen LogP contribution in [0.1, 0.15) is 42.3 Å². The van der Waals surface area contributed by atoms with Crippen molar-refractivity contribution in [2.75, 3.05) is 0 Å². The summed E-state index contributed by atoms with van der Waals surface area (Å²) in [5.41, 5.74) is 4.82. The Hall–Kier alpha value is -3.14. The first-order valence-electron chi connectivity index (χ1n) is 9.94. The van der Waals surface area contributed by atoms with Crippen LogP contribution in [0.25, 0.3) is 11.0 Å². The van der Waals surface area contributed by atoms with Gasteiger partial charge in [0.2, 0.25) is 0 Å². The smallest absolute Gasteiger partial charge is 0.148 e. The van der Waals surface area contributed by atoms with Crippen molar-refractivity contribution in [1.29, 1.82) is 0 Å². The first-order valence-corrected chi connectivity index (χ1v) is 9.94. The first kappa shape index (κ1) is 19.2. The van der Waals surface area contributed by atoms with Gasteiger partial charge in [-0.1, -0.05) is 56.3 Å². The van der Waals surface area contributed by atoms with Gasteiger partial charge < -0.3 is 9.30 Å². The van der Waals surface area contributed by atoms with E-state index in [1.807, 2.05) is 41.0 Å². The number of hydrogen-bond donors (Lipinski definition) is 0. The zero-order chi connectivity index (χ0) is 20.4. The highest BCUT2D eigenvalue weighted by atomic mass is 19.1. The van der Waals surface area contributed by atoms with Gasteiger partial charge in [-0.05, 0) is 48.2 Å². The number of nitrogens with zero attached hydrogens (tertiary/aromatic N) is 2. The fourth-order valence-corrected chi connectivity index (χ4v) is 3.59. The normalized spacial score (nSPS) is 11.3. The maximum Gasteiger partial charge on any atom is 0.148 e. The lowest BCUT2D eigenvalue weighted by molar-refractivity contribution is 0.287. The maximum absolute atomic E-state index is 14.3. The van der Waals surface area contributed by atoms with E-state index in [-0.39, 0.29) is 5.82 Å². The molecule has 0 unspecified atom stereocenters. The predicted octanol–water partition coefficient (Wildman–Crippen LogP) is 6.23. The Morgan fingerprint density at radius 2 is 1.76 bits per heavy atom. The van der Waals surface area contributed by atoms with Crippen LogP contribution in [0.5, 0.6) is 5.75 Å². The van der Waals surface area contributed by atoms with Crippen LogP contribution in [0.2, 0.25) is 0 Å². The van der Waals surface area contributed by atoms with E-state index < -0.39 is 0 Å². The molecule has 148 valence electrons. The molecule has 1 heterocycles. The summed E-state index contributed by atoms with van der Waals surface area (Å²) in [4.78, 5) is 4.77. The summed E-state index contributed by atoms with van der Waals surface area (Å²) < 4.78 is 22.6. The minimum absolute atomic E-state index is 0.210. The van der Waals surface area contributed by atoms with Gasteiger partial charge in [-0.15, -0.1) is 0 Å². The summed E-state index contributed by atoms with van der Waals surface area (Å²) in [6.45, 7) is 7.11. The minimum atomic E-state index is -0.210. The van der Waals surface area contributed by atoms with Crippen molar-refractivity contribution in [2.45, 2.75) is 39.8 Å². The molecule has 29 heavy (non-hydrogen) atoms. The average molecular weight is 388 g/mol. The summed E-state index contributed by atoms with van der Waals surface area (Å²) in [5.74, 6) is 1.82. The zero-order valence-corrected chi connectivity index (χ0v) is 17.0. The van der Waals surface area contributed by atoms with E-state index in [9.17, 15) is 4.39 Å². The Morgan fingerprint density at radius 3 is 2.55 bits per heavy atom. The molecule has 0 saturated heterocycles. The predicted molar refractivity (Wildman–Crippen MR) is 115 cm³/mol. The van der Waals surface area contributed by atoms with Crippen molar-refractivity contribution >= 4 is 11.0 Å². The molecule has 3 aromatic carbocycles. The van der Waals surface area contributed by atoms with Gasteiger partial charge in [0.1, 0.15) is 24.0 Å². The lowest BCUT2D eigenvalue weighted by Crippen LogP contribution is -2.10. The molecular weight excluding hydrogens is 363 g/mol. The second kappa shape index (κ2) is 8.08. The maximum atomic E-state index is 14.3. The quantitative estimate of drug-likeness (QED) is 0.391. The lowest BCUT2D eigenvalue weighted by atomic mass is 10.0. The number of ether oxygens (including phenoxy) is 1. The van der Waals surface area contributed by atoms with E-state index >= 15 is 0 Å². The highest BCUT2D eigenvalue weighted by Gasteiger charge is 2.15. The van der Waals surface area contributed by atoms with E-state index in [2.05, 4.69) is 39.0 Å². The Kier molecular flexibility index (Phi) is 5.34. The van der Waals surface area contributed by atoms with E-state index in [0.717, 1.165) is 28.2 Å². The molecule has 0 atom stereocenters. The monoisotopic (exact) mass is 388 g/mol. The molecule has 4 heteroatoms. The third-order valence-electron chi connectivity index (χ3n) is 5.17.